The van der Waals surface area contributed by atoms with Crippen LogP contribution in [-0.4, -0.2) is 60.0 Å². The van der Waals surface area contributed by atoms with Gasteiger partial charge in [-0.25, -0.2) is 4.98 Å². The maximum atomic E-state index is 12.7. The molecular weight excluding hydrogens is 348 g/mol. The molecule has 28 heavy (non-hydrogen) atoms. The number of benzene rings is 1. The van der Waals surface area contributed by atoms with Crippen LogP contribution in [0.25, 0.3) is 6.08 Å². The molecular formula is C23H30N4O. The third kappa shape index (κ3) is 5.92. The fraction of sp³-hybridized carbons (Fsp3) is 0.391. The Balaban J connectivity index is 1.45. The van der Waals surface area contributed by atoms with E-state index in [1.165, 1.54) is 5.56 Å². The molecule has 0 aliphatic carbocycles. The molecule has 148 valence electrons. The van der Waals surface area contributed by atoms with E-state index >= 15 is 0 Å². The predicted molar refractivity (Wildman–Crippen MR) is 115 cm³/mol. The van der Waals surface area contributed by atoms with E-state index in [4.69, 9.17) is 0 Å². The largest absolute Gasteiger partial charge is 0.384 e. The summed E-state index contributed by atoms with van der Waals surface area (Å²) < 4.78 is 0. The van der Waals surface area contributed by atoms with Crippen LogP contribution in [0.2, 0.25) is 0 Å². The third-order valence-electron chi connectivity index (χ3n) is 4.83. The van der Waals surface area contributed by atoms with Crippen molar-refractivity contribution in [3.63, 3.8) is 0 Å². The molecule has 0 atom stereocenters. The van der Waals surface area contributed by atoms with Gasteiger partial charge in [0, 0.05) is 39.3 Å². The van der Waals surface area contributed by atoms with Crippen LogP contribution in [0.5, 0.6) is 0 Å². The topological polar surface area (TPSA) is 48.5 Å². The molecule has 0 saturated carbocycles. The van der Waals surface area contributed by atoms with Gasteiger partial charge in [0.25, 0.3) is 5.91 Å². The van der Waals surface area contributed by atoms with Gasteiger partial charge in [-0.2, -0.15) is 0 Å². The molecule has 5 heteroatoms. The van der Waals surface area contributed by atoms with E-state index in [-0.39, 0.29) is 5.91 Å². The number of piperazine rings is 1. The van der Waals surface area contributed by atoms with Crippen molar-refractivity contribution >= 4 is 17.7 Å². The van der Waals surface area contributed by atoms with Gasteiger partial charge in [0.15, 0.2) is 0 Å². The van der Waals surface area contributed by atoms with Gasteiger partial charge in [0.1, 0.15) is 5.69 Å². The summed E-state index contributed by atoms with van der Waals surface area (Å²) >= 11 is 0. The van der Waals surface area contributed by atoms with Crippen molar-refractivity contribution in [2.45, 2.75) is 13.8 Å². The van der Waals surface area contributed by atoms with Crippen LogP contribution in [0.15, 0.2) is 54.7 Å². The molecule has 1 aromatic heterocycles. The number of aromatic nitrogens is 1. The molecule has 0 spiro atoms. The van der Waals surface area contributed by atoms with Crippen molar-refractivity contribution in [2.75, 3.05) is 44.6 Å². The number of amides is 1. The van der Waals surface area contributed by atoms with Crippen LogP contribution < -0.4 is 5.32 Å². The predicted octanol–water partition coefficient (Wildman–Crippen LogP) is 3.62. The lowest BCUT2D eigenvalue weighted by molar-refractivity contribution is 0.0644. The summed E-state index contributed by atoms with van der Waals surface area (Å²) in [6.07, 6.45) is 6.09. The van der Waals surface area contributed by atoms with E-state index in [9.17, 15) is 4.79 Å². The van der Waals surface area contributed by atoms with E-state index in [2.05, 4.69) is 53.3 Å². The van der Waals surface area contributed by atoms with Crippen molar-refractivity contribution in [1.82, 2.24) is 14.8 Å². The van der Waals surface area contributed by atoms with Crippen LogP contribution in [0, 0.1) is 5.92 Å². The minimum atomic E-state index is 0.0230. The highest BCUT2D eigenvalue weighted by molar-refractivity contribution is 5.92. The molecule has 1 amide bonds. The van der Waals surface area contributed by atoms with Crippen LogP contribution in [0.3, 0.4) is 0 Å². The van der Waals surface area contributed by atoms with Crippen LogP contribution in [0.4, 0.5) is 5.69 Å². The zero-order valence-electron chi connectivity index (χ0n) is 16.8. The van der Waals surface area contributed by atoms with Crippen molar-refractivity contribution < 1.29 is 4.79 Å². The van der Waals surface area contributed by atoms with E-state index in [1.807, 2.05) is 35.2 Å². The first-order chi connectivity index (χ1) is 13.6. The molecule has 2 aromatic rings. The number of carbonyl (C=O) groups is 1. The van der Waals surface area contributed by atoms with Crippen molar-refractivity contribution in [1.29, 1.82) is 0 Å². The van der Waals surface area contributed by atoms with Crippen molar-refractivity contribution in [3.05, 3.63) is 66.0 Å². The van der Waals surface area contributed by atoms with Gasteiger partial charge >= 0.3 is 0 Å². The van der Waals surface area contributed by atoms with Gasteiger partial charge in [0.2, 0.25) is 0 Å². The molecule has 0 unspecified atom stereocenters. The monoisotopic (exact) mass is 378 g/mol. The van der Waals surface area contributed by atoms with E-state index < -0.39 is 0 Å². The maximum Gasteiger partial charge on any atom is 0.272 e. The van der Waals surface area contributed by atoms with Crippen molar-refractivity contribution in [2.24, 2.45) is 5.92 Å². The minimum absolute atomic E-state index is 0.0230. The average molecular weight is 379 g/mol. The number of rotatable bonds is 7. The normalized spacial score (nSPS) is 15.3. The Morgan fingerprint density at radius 1 is 1.11 bits per heavy atom. The summed E-state index contributed by atoms with van der Waals surface area (Å²) in [6, 6.07) is 14.1. The number of anilines is 1. The Morgan fingerprint density at radius 3 is 2.50 bits per heavy atom. The third-order valence-corrected chi connectivity index (χ3v) is 4.83. The molecule has 1 N–H and O–H groups in total. The van der Waals surface area contributed by atoms with E-state index in [1.54, 1.807) is 6.20 Å². The first kappa shape index (κ1) is 20.1. The molecule has 0 radical (unpaired) electrons. The Bertz CT molecular complexity index is 763. The lowest BCUT2D eigenvalue weighted by Gasteiger charge is -2.34. The summed E-state index contributed by atoms with van der Waals surface area (Å²) in [6.45, 7) is 9.39. The lowest BCUT2D eigenvalue weighted by atomic mass is 10.2. The van der Waals surface area contributed by atoms with Crippen molar-refractivity contribution in [3.8, 4) is 0 Å². The zero-order valence-corrected chi connectivity index (χ0v) is 16.8. The second kappa shape index (κ2) is 10.0. The Hall–Kier alpha value is -2.66. The highest BCUT2D eigenvalue weighted by Crippen LogP contribution is 2.11. The zero-order chi connectivity index (χ0) is 19.8. The first-order valence-electron chi connectivity index (χ1n) is 10.0. The van der Waals surface area contributed by atoms with Gasteiger partial charge in [0.05, 0.1) is 11.9 Å². The van der Waals surface area contributed by atoms with E-state index in [0.29, 0.717) is 11.6 Å². The first-order valence-corrected chi connectivity index (χ1v) is 10.0. The molecule has 0 bridgehead atoms. The molecule has 1 aliphatic rings. The number of carbonyl (C=O) groups excluding carboxylic acids is 1. The summed E-state index contributed by atoms with van der Waals surface area (Å²) in [5.41, 5.74) is 2.70. The summed E-state index contributed by atoms with van der Waals surface area (Å²) in [4.78, 5) is 21.3. The van der Waals surface area contributed by atoms with Gasteiger partial charge in [-0.05, 0) is 23.6 Å². The summed E-state index contributed by atoms with van der Waals surface area (Å²) in [5, 5.41) is 3.33. The summed E-state index contributed by atoms with van der Waals surface area (Å²) in [7, 11) is 0. The van der Waals surface area contributed by atoms with Crippen LogP contribution in [-0.2, 0) is 0 Å². The minimum Gasteiger partial charge on any atom is -0.384 e. The highest BCUT2D eigenvalue weighted by Gasteiger charge is 2.22. The molecule has 5 nitrogen and oxygen atoms in total. The smallest absolute Gasteiger partial charge is 0.272 e. The standard InChI is InChI=1S/C23H30N4O/c1-19(2)17-24-21-10-11-22(25-18-21)23(28)27-15-13-26(14-16-27)12-6-9-20-7-4-3-5-8-20/h3-11,18-19,24H,12-17H2,1-2H3/b9-6+. The summed E-state index contributed by atoms with van der Waals surface area (Å²) in [5.74, 6) is 0.593. The Kier molecular flexibility index (Phi) is 7.20. The average Bonchev–Trinajstić information content (AvgIpc) is 2.73. The van der Waals surface area contributed by atoms with E-state index in [0.717, 1.165) is 45.0 Å². The number of hydrogen-bond donors (Lipinski definition) is 1. The maximum absolute atomic E-state index is 12.7. The Morgan fingerprint density at radius 2 is 1.86 bits per heavy atom. The fourth-order valence-corrected chi connectivity index (χ4v) is 3.14. The van der Waals surface area contributed by atoms with Gasteiger partial charge in [-0.15, -0.1) is 0 Å². The number of pyridine rings is 1. The molecule has 3 rings (SSSR count). The molecule has 1 aromatic carbocycles. The second-order valence-corrected chi connectivity index (χ2v) is 7.61. The quantitative estimate of drug-likeness (QED) is 0.799. The highest BCUT2D eigenvalue weighted by atomic mass is 16.2. The molecule has 2 heterocycles. The van der Waals surface area contributed by atoms with Crippen LogP contribution >= 0.6 is 0 Å². The van der Waals surface area contributed by atoms with Gasteiger partial charge in [-0.3, -0.25) is 9.69 Å². The van der Waals surface area contributed by atoms with Gasteiger partial charge in [-0.1, -0.05) is 56.3 Å². The number of nitrogens with one attached hydrogen (secondary N) is 1. The second-order valence-electron chi connectivity index (χ2n) is 7.61. The SMILES string of the molecule is CC(C)CNc1ccc(C(=O)N2CCN(C/C=C/c3ccccc3)CC2)nc1. The van der Waals surface area contributed by atoms with Crippen LogP contribution in [0.1, 0.15) is 29.9 Å². The lowest BCUT2D eigenvalue weighted by Crippen LogP contribution is -2.48. The molecule has 1 fully saturated rings. The number of nitrogens with zero attached hydrogens (tertiary/aromatic N) is 3. The molecule has 1 aliphatic heterocycles. The Labute approximate surface area is 168 Å². The molecule has 1 saturated heterocycles. The van der Waals surface area contributed by atoms with Gasteiger partial charge < -0.3 is 10.2 Å². The number of hydrogen-bond acceptors (Lipinski definition) is 4. The fourth-order valence-electron chi connectivity index (χ4n) is 3.14.